The van der Waals surface area contributed by atoms with Crippen LogP contribution >= 0.6 is 15.9 Å². The van der Waals surface area contributed by atoms with Crippen molar-refractivity contribution in [2.75, 3.05) is 21.7 Å². The van der Waals surface area contributed by atoms with E-state index in [0.717, 1.165) is 45.8 Å². The summed E-state index contributed by atoms with van der Waals surface area (Å²) in [7, 11) is -9.17. The number of alkyl halides is 6. The molecule has 0 amide bonds. The van der Waals surface area contributed by atoms with Crippen molar-refractivity contribution in [2.45, 2.75) is 35.0 Å². The smallest absolute Gasteiger partial charge is 0.423 e. The number of hydrogen-bond donors (Lipinski definition) is 2. The summed E-state index contributed by atoms with van der Waals surface area (Å²) >= 11 is 3.40. The van der Waals surface area contributed by atoms with Crippen molar-refractivity contribution in [1.29, 1.82) is 10.5 Å². The van der Waals surface area contributed by atoms with Gasteiger partial charge in [0.1, 0.15) is 11.4 Å². The van der Waals surface area contributed by atoms with Crippen molar-refractivity contribution >= 4 is 59.9 Å². The summed E-state index contributed by atoms with van der Waals surface area (Å²) in [6.45, 7) is 0.695. The monoisotopic (exact) mass is 982 g/mol. The van der Waals surface area contributed by atoms with Gasteiger partial charge in [-0.25, -0.2) is 16.8 Å². The normalized spacial score (nSPS) is 13.3. The van der Waals surface area contributed by atoms with Gasteiger partial charge < -0.3 is 10.0 Å². The number of halogens is 7. The molecular formula is C42H30BBrF6N6O6S2. The first-order valence-electron chi connectivity index (χ1n) is 18.5. The summed E-state index contributed by atoms with van der Waals surface area (Å²) in [4.78, 5) is 6.79. The third-order valence-corrected chi connectivity index (χ3v) is 13.9. The van der Waals surface area contributed by atoms with Crippen LogP contribution in [0.3, 0.4) is 0 Å². The van der Waals surface area contributed by atoms with Crippen LogP contribution in [-0.4, -0.2) is 57.1 Å². The van der Waals surface area contributed by atoms with Gasteiger partial charge in [-0.15, -0.1) is 0 Å². The molecule has 0 unspecified atom stereocenters. The van der Waals surface area contributed by atoms with Gasteiger partial charge in [0.2, 0.25) is 0 Å². The van der Waals surface area contributed by atoms with Crippen molar-refractivity contribution < 1.29 is 53.2 Å². The Morgan fingerprint density at radius 2 is 1.03 bits per heavy atom. The molecule has 0 spiro atoms. The largest absolute Gasteiger partial charge is 0.490 e. The molecule has 0 fully saturated rings. The molecule has 22 heteroatoms. The Labute approximate surface area is 371 Å². The molecule has 2 aromatic heterocycles. The molecule has 4 aromatic carbocycles. The molecule has 12 nitrogen and oxygen atoms in total. The minimum absolute atomic E-state index is 0.0759. The van der Waals surface area contributed by atoms with E-state index in [9.17, 15) is 43.2 Å². The van der Waals surface area contributed by atoms with Crippen LogP contribution < -0.4 is 14.1 Å². The predicted octanol–water partition coefficient (Wildman–Crippen LogP) is 7.24. The third-order valence-electron chi connectivity index (χ3n) is 9.73. The van der Waals surface area contributed by atoms with Crippen LogP contribution in [0.25, 0.3) is 11.1 Å². The molecule has 0 aliphatic carbocycles. The second-order valence-electron chi connectivity index (χ2n) is 13.8. The highest BCUT2D eigenvalue weighted by Crippen LogP contribution is 2.37. The number of pyridine rings is 2. The first-order valence-corrected chi connectivity index (χ1v) is 22.2. The van der Waals surface area contributed by atoms with Gasteiger partial charge in [0.05, 0.1) is 44.4 Å². The topological polar surface area (TPSA) is 189 Å². The number of nitrogens with zero attached hydrogens (tertiary/aromatic N) is 6. The zero-order chi connectivity index (χ0) is 46.6. The molecule has 0 saturated heterocycles. The summed E-state index contributed by atoms with van der Waals surface area (Å²) in [6, 6.07) is 30.2. The first kappa shape index (κ1) is 47.2. The second-order valence-corrected chi connectivity index (χ2v) is 18.5. The maximum Gasteiger partial charge on any atom is 0.490 e. The number of fused-ring (bicyclic) bond motifs is 2. The van der Waals surface area contributed by atoms with Gasteiger partial charge in [-0.2, -0.15) is 36.9 Å². The number of nitriles is 2. The first-order chi connectivity index (χ1) is 30.1. The highest BCUT2D eigenvalue weighted by molar-refractivity contribution is 9.10. The average molecular weight is 984 g/mol. The number of aromatic nitrogens is 2. The van der Waals surface area contributed by atoms with Gasteiger partial charge in [0.15, 0.2) is 0 Å². The van der Waals surface area contributed by atoms with E-state index in [2.05, 4.69) is 25.9 Å². The molecule has 328 valence electrons. The molecule has 2 aliphatic heterocycles. The average Bonchev–Trinajstić information content (AvgIpc) is 3.91. The molecule has 6 aromatic rings. The Bertz CT molecular complexity index is 2970. The highest BCUT2D eigenvalue weighted by atomic mass is 79.9. The van der Waals surface area contributed by atoms with Gasteiger partial charge in [-0.05, 0) is 121 Å². The Morgan fingerprint density at radius 1 is 0.594 bits per heavy atom. The van der Waals surface area contributed by atoms with E-state index in [4.69, 9.17) is 20.6 Å². The summed E-state index contributed by atoms with van der Waals surface area (Å²) in [5.41, 5.74) is 2.94. The third kappa shape index (κ3) is 10.5. The number of benzene rings is 4. The summed E-state index contributed by atoms with van der Waals surface area (Å²) in [5, 5.41) is 34.8. The van der Waals surface area contributed by atoms with Crippen LogP contribution in [0.5, 0.6) is 0 Å². The molecule has 8 rings (SSSR count). The Kier molecular flexibility index (Phi) is 13.9. The van der Waals surface area contributed by atoms with Crippen LogP contribution in [-0.2, 0) is 45.2 Å². The maximum atomic E-state index is 13.0. The van der Waals surface area contributed by atoms with E-state index >= 15 is 0 Å². The molecule has 2 N–H and O–H groups in total. The van der Waals surface area contributed by atoms with E-state index < -0.39 is 50.9 Å². The molecular weight excluding hydrogens is 953 g/mol. The van der Waals surface area contributed by atoms with Gasteiger partial charge in [-0.3, -0.25) is 18.6 Å². The Hall–Kier alpha value is -6.30. The minimum atomic E-state index is -4.50. The number of sulfonamides is 2. The lowest BCUT2D eigenvalue weighted by Crippen LogP contribution is -2.30. The highest BCUT2D eigenvalue weighted by Gasteiger charge is 2.35. The summed E-state index contributed by atoms with van der Waals surface area (Å²) < 4.78 is 129. The lowest BCUT2D eigenvalue weighted by Gasteiger charge is -2.20. The van der Waals surface area contributed by atoms with Crippen molar-refractivity contribution in [1.82, 2.24) is 9.97 Å². The fraction of sp³-hybridized carbons (Fsp3) is 0.143. The second kappa shape index (κ2) is 18.8. The number of rotatable bonds is 6. The van der Waals surface area contributed by atoms with Crippen LogP contribution in [0.4, 0.5) is 37.7 Å². The molecule has 0 saturated carbocycles. The van der Waals surface area contributed by atoms with E-state index in [-0.39, 0.29) is 21.8 Å². The van der Waals surface area contributed by atoms with E-state index in [1.54, 1.807) is 18.2 Å². The zero-order valence-corrected chi connectivity index (χ0v) is 35.8. The van der Waals surface area contributed by atoms with Gasteiger partial charge >= 0.3 is 19.5 Å². The van der Waals surface area contributed by atoms with Crippen LogP contribution in [0.1, 0.15) is 33.6 Å². The Morgan fingerprint density at radius 3 is 1.44 bits per heavy atom. The SMILES string of the molecule is N#Cc1ccc(S(=O)(=O)N2CCc3cc(-c4ccc(C(F)(F)F)nc4)ccc32)cc1.N#Cc1ccc(S(=O)(=O)N2CCc3cc(Br)ccc32)cc1.OB(O)c1ccc(C(F)(F)F)nc1. The molecule has 4 heterocycles. The quantitative estimate of drug-likeness (QED) is 0.127. The molecule has 2 aliphatic rings. The molecule has 0 bridgehead atoms. The zero-order valence-electron chi connectivity index (χ0n) is 32.6. The van der Waals surface area contributed by atoms with E-state index in [1.165, 1.54) is 63.2 Å². The molecule has 0 radical (unpaired) electrons. The Balaban J connectivity index is 0.000000174. The van der Waals surface area contributed by atoms with Crippen molar-refractivity contribution in [2.24, 2.45) is 0 Å². The van der Waals surface area contributed by atoms with Gasteiger partial charge in [0.25, 0.3) is 20.0 Å². The molecule has 0 atom stereocenters. The van der Waals surface area contributed by atoms with E-state index in [1.807, 2.05) is 30.3 Å². The lowest BCUT2D eigenvalue weighted by molar-refractivity contribution is -0.141. The maximum absolute atomic E-state index is 13.0. The fourth-order valence-electron chi connectivity index (χ4n) is 6.51. The van der Waals surface area contributed by atoms with Crippen LogP contribution in [0.15, 0.2) is 136 Å². The fourth-order valence-corrected chi connectivity index (χ4v) is 9.92. The molecule has 64 heavy (non-hydrogen) atoms. The van der Waals surface area contributed by atoms with E-state index in [0.29, 0.717) is 53.4 Å². The minimum Gasteiger partial charge on any atom is -0.423 e. The lowest BCUT2D eigenvalue weighted by atomic mass is 9.82. The van der Waals surface area contributed by atoms with Crippen LogP contribution in [0, 0.1) is 22.7 Å². The summed E-state index contributed by atoms with van der Waals surface area (Å²) in [5.74, 6) is 0. The van der Waals surface area contributed by atoms with Crippen LogP contribution in [0.2, 0.25) is 0 Å². The predicted molar refractivity (Wildman–Crippen MR) is 227 cm³/mol. The van der Waals surface area contributed by atoms with Crippen molar-refractivity contribution in [3.05, 3.63) is 160 Å². The van der Waals surface area contributed by atoms with Gasteiger partial charge in [0, 0.05) is 41.0 Å². The van der Waals surface area contributed by atoms with Crippen molar-refractivity contribution in [3.8, 4) is 23.3 Å². The number of hydrogen-bond acceptors (Lipinski definition) is 10. The standard InChI is InChI=1S/C21H14F3N3O2S.C15H11BrN2O2S.C6H5BF3NO2/c22-21(23,24)20-8-4-17(13-26-20)15-3-7-19-16(11-15)9-10-27(19)30(28,29)18-5-1-14(12-25)2-6-18;16-13-3-6-15-12(9-13)7-8-18(15)21(19,20)14-4-1-11(10-17)2-5-14;8-6(9,10)5-2-1-4(3-11-5)7(12)13/h1-8,11,13H,9-10H2;1-6,9H,7-8H2;1-3,12-13H. The van der Waals surface area contributed by atoms with Crippen molar-refractivity contribution in [3.63, 3.8) is 0 Å². The summed E-state index contributed by atoms with van der Waals surface area (Å²) in [6.07, 6.45) is -5.90. The number of anilines is 2. The van der Waals surface area contributed by atoms with Gasteiger partial charge in [-0.1, -0.05) is 34.1 Å².